The van der Waals surface area contributed by atoms with Gasteiger partial charge in [-0.25, -0.2) is 0 Å². The van der Waals surface area contributed by atoms with Crippen LogP contribution >= 0.6 is 25.3 Å². The van der Waals surface area contributed by atoms with E-state index in [2.05, 4.69) is 80.6 Å². The maximum absolute atomic E-state index is 11.2. The molecule has 0 fully saturated rings. The number of ether oxygens (including phenoxy) is 1. The molecule has 0 radical (unpaired) electrons. The molecule has 0 bridgehead atoms. The van der Waals surface area contributed by atoms with Gasteiger partial charge in [0.1, 0.15) is 0 Å². The van der Waals surface area contributed by atoms with Gasteiger partial charge >= 0.3 is 199 Å². The summed E-state index contributed by atoms with van der Waals surface area (Å²) in [5.74, 6) is 3.36. The first-order chi connectivity index (χ1) is 38.6. The van der Waals surface area contributed by atoms with Crippen molar-refractivity contribution in [1.29, 1.82) is 0 Å². The fourth-order valence-electron chi connectivity index (χ4n) is 8.71. The Labute approximate surface area is 551 Å². The van der Waals surface area contributed by atoms with E-state index in [0.717, 1.165) is 35.9 Å². The molecule has 0 aliphatic rings. The van der Waals surface area contributed by atoms with Gasteiger partial charge in [-0.05, 0) is 0 Å². The van der Waals surface area contributed by atoms with Crippen LogP contribution in [0, 0.1) is 0 Å². The van der Waals surface area contributed by atoms with E-state index in [-0.39, 0.29) is 31.9 Å². The van der Waals surface area contributed by atoms with E-state index < -0.39 is 30.3 Å². The number of hydrogen-bond donors (Lipinski definition) is 3. The Kier molecular flexibility index (Phi) is 112. The van der Waals surface area contributed by atoms with Crippen LogP contribution in [0.5, 0.6) is 0 Å². The second-order valence-corrected chi connectivity index (χ2v) is 38.3. The molecule has 11 heteroatoms. The van der Waals surface area contributed by atoms with Crippen LogP contribution in [-0.4, -0.2) is 90.3 Å². The van der Waals surface area contributed by atoms with Crippen molar-refractivity contribution in [1.82, 2.24) is 0 Å². The van der Waals surface area contributed by atoms with Gasteiger partial charge in [0.25, 0.3) is 0 Å². The van der Waals surface area contributed by atoms with Crippen LogP contribution in [0.1, 0.15) is 364 Å². The summed E-state index contributed by atoms with van der Waals surface area (Å²) in [6.07, 6.45) is 66.7. The van der Waals surface area contributed by atoms with E-state index in [0.29, 0.717) is 0 Å². The minimum absolute atomic E-state index is 0.138. The van der Waals surface area contributed by atoms with Crippen LogP contribution in [-0.2, 0) is 60.0 Å². The molecule has 0 saturated carbocycles. The quantitative estimate of drug-likeness (QED) is 0.0140. The van der Waals surface area contributed by atoms with Crippen molar-refractivity contribution >= 4 is 123 Å². The number of rotatable bonds is 56. The van der Waals surface area contributed by atoms with Crippen molar-refractivity contribution < 1.29 is 14.6 Å². The number of aliphatic hydroxyl groups is 1. The Balaban J connectivity index is -0.000000204. The molecule has 1 unspecified atom stereocenters. The summed E-state index contributed by atoms with van der Waals surface area (Å²) in [6, 6.07) is 0. The molecule has 3 nitrogen and oxygen atoms in total. The normalized spacial score (nSPS) is 10.9. The predicted octanol–water partition coefficient (Wildman–Crippen LogP) is 23.7. The van der Waals surface area contributed by atoms with Crippen molar-refractivity contribution in [3.8, 4) is 0 Å². The van der Waals surface area contributed by atoms with Crippen molar-refractivity contribution in [2.24, 2.45) is 0 Å². The number of unbranched alkanes of at least 4 members (excludes halogenated alkanes) is 40. The summed E-state index contributed by atoms with van der Waals surface area (Å²) in [5.41, 5.74) is 0. The van der Waals surface area contributed by atoms with Crippen molar-refractivity contribution in [3.63, 3.8) is 0 Å². The Morgan fingerprint density at radius 1 is 0.354 bits per heavy atom. The third-order valence-corrected chi connectivity index (χ3v) is 28.6. The zero-order chi connectivity index (χ0) is 60.0. The van der Waals surface area contributed by atoms with E-state index >= 15 is 0 Å². The van der Waals surface area contributed by atoms with E-state index in [1.54, 1.807) is 8.87 Å². The molecule has 0 aromatic rings. The topological polar surface area (TPSA) is 46.5 Å². The molecule has 0 amide bonds. The van der Waals surface area contributed by atoms with Gasteiger partial charge in [-0.2, -0.15) is 23.0 Å². The molecule has 0 aliphatic heterocycles. The molecular weight excluding hydrogens is 1290 g/mol. The van der Waals surface area contributed by atoms with Gasteiger partial charge in [0.05, 0.1) is 0 Å². The zero-order valence-electron chi connectivity index (χ0n) is 54.8. The summed E-state index contributed by atoms with van der Waals surface area (Å²) in [4.78, 5) is 11.2. The zero-order valence-corrected chi connectivity index (χ0v) is 65.5. The molecule has 0 rings (SSSR count). The Bertz CT molecular complexity index is 833. The molecule has 0 aromatic heterocycles. The predicted molar refractivity (Wildman–Crippen MR) is 385 cm³/mol. The van der Waals surface area contributed by atoms with E-state index in [1.807, 2.05) is 0 Å². The fraction of sp³-hybridized carbons (Fsp3) is 0.985. The summed E-state index contributed by atoms with van der Waals surface area (Å²) < 4.78 is 9.54. The first-order valence-electron chi connectivity index (χ1n) is 34.7. The van der Waals surface area contributed by atoms with Crippen molar-refractivity contribution in [2.75, 3.05) is 29.6 Å². The number of hydrogen-bond acceptors (Lipinski definition) is 9. The van der Waals surface area contributed by atoms with Gasteiger partial charge in [-0.3, -0.25) is 0 Å². The minimum atomic E-state index is -1.83. The van der Waals surface area contributed by atoms with Gasteiger partial charge in [0.15, 0.2) is 0 Å². The SMILES string of the molecule is CCCCCCCCCCCC[S-].CCCCCCCCCCCC[S-].CCCCCCCCCCCC[S-].CCCCCCCCCCCC[S-].CCC[CH2][Sn+2][CH2]CCC.CCC[CH2][Sn+]([CH2]CCC)[CH](O)COC(=O)C(S)S. The van der Waals surface area contributed by atoms with Crippen molar-refractivity contribution in [3.05, 3.63) is 0 Å². The average Bonchev–Trinajstić information content (AvgIpc) is 3.45. The van der Waals surface area contributed by atoms with Gasteiger partial charge in [-0.1, -0.05) is 285 Å². The second-order valence-electron chi connectivity index (χ2n) is 22.4. The van der Waals surface area contributed by atoms with Crippen LogP contribution in [0.4, 0.5) is 0 Å². The summed E-state index contributed by atoms with van der Waals surface area (Å²) >= 11 is 25.7. The molecule has 0 saturated heterocycles. The molecule has 478 valence electrons. The van der Waals surface area contributed by atoms with Gasteiger partial charge < -0.3 is 50.5 Å². The van der Waals surface area contributed by atoms with Gasteiger partial charge in [-0.15, -0.1) is 0 Å². The molecule has 0 heterocycles. The van der Waals surface area contributed by atoms with Crippen LogP contribution < -0.4 is 0 Å². The standard InChI is InChI=1S/4C12H26S.C4H7O3S2.4C4H9.2Sn/c4*1-2-3-4-5-6-7-8-9-10-11-12-13;5-1-2-7-3(6)4(8)9;4*1-3-4-2;;/h4*13H,2-12H2,1H3;1,4-5,8-9H,2H2;4*1,3-4H2,2H3;;/q;;;;;;;;;+1;+2/p-4. The summed E-state index contributed by atoms with van der Waals surface area (Å²) in [7, 11) is 0. The number of carbonyl (C=O) groups excluding carboxylic acids is 1. The van der Waals surface area contributed by atoms with E-state index in [9.17, 15) is 9.90 Å². The Hall–Kier alpha value is 3.13. The van der Waals surface area contributed by atoms with Crippen LogP contribution in [0.2, 0.25) is 17.7 Å². The number of thiol groups is 2. The first-order valence-corrected chi connectivity index (χ1v) is 47.7. The Morgan fingerprint density at radius 3 is 0.747 bits per heavy atom. The fourth-order valence-corrected chi connectivity index (χ4v) is 22.0. The van der Waals surface area contributed by atoms with Crippen molar-refractivity contribution in [2.45, 2.75) is 390 Å². The summed E-state index contributed by atoms with van der Waals surface area (Å²) in [5, 5.41) is 10.2. The Morgan fingerprint density at radius 2 is 0.557 bits per heavy atom. The van der Waals surface area contributed by atoms with Crippen LogP contribution in [0.3, 0.4) is 0 Å². The first kappa shape index (κ1) is 93.3. The molecule has 0 spiro atoms. The molecule has 1 atom stereocenters. The van der Waals surface area contributed by atoms with E-state index in [1.165, 1.54) is 304 Å². The number of esters is 1. The molecule has 0 aromatic carbocycles. The number of aliphatic hydroxyl groups excluding tert-OH is 1. The third kappa shape index (κ3) is 103. The average molecular weight is 1440 g/mol. The maximum atomic E-state index is 11.2. The van der Waals surface area contributed by atoms with Crippen LogP contribution in [0.25, 0.3) is 0 Å². The third-order valence-electron chi connectivity index (χ3n) is 14.2. The monoisotopic (exact) mass is 1440 g/mol. The molecule has 1 N–H and O–H groups in total. The van der Waals surface area contributed by atoms with Gasteiger partial charge in [0.2, 0.25) is 0 Å². The molecule has 79 heavy (non-hydrogen) atoms. The second kappa shape index (κ2) is 94.8. The number of carbonyl (C=O) groups is 1. The molecular formula is C68H143O3S6Sn2-. The van der Waals surface area contributed by atoms with Crippen LogP contribution in [0.15, 0.2) is 0 Å². The van der Waals surface area contributed by atoms with Gasteiger partial charge in [0, 0.05) is 0 Å². The molecule has 0 aliphatic carbocycles. The van der Waals surface area contributed by atoms with E-state index in [4.69, 9.17) is 55.3 Å². The summed E-state index contributed by atoms with van der Waals surface area (Å²) in [6.45, 7) is 18.1.